The molecule has 1 fully saturated rings. The van der Waals surface area contributed by atoms with Crippen molar-refractivity contribution in [1.82, 2.24) is 5.32 Å². The molecule has 0 saturated carbocycles. The average Bonchev–Trinajstić information content (AvgIpc) is 2.48. The van der Waals surface area contributed by atoms with Crippen molar-refractivity contribution in [1.29, 1.82) is 0 Å². The zero-order valence-corrected chi connectivity index (χ0v) is 11.8. The van der Waals surface area contributed by atoms with E-state index >= 15 is 0 Å². The number of hydrogen-bond acceptors (Lipinski definition) is 2. The van der Waals surface area contributed by atoms with Crippen LogP contribution in [-0.4, -0.2) is 25.5 Å². The summed E-state index contributed by atoms with van der Waals surface area (Å²) in [6.45, 7) is 4.99. The molecule has 3 heteroatoms. The van der Waals surface area contributed by atoms with Crippen molar-refractivity contribution in [3.05, 3.63) is 30.3 Å². The number of hydrogen-bond donors (Lipinski definition) is 1. The Kier molecular flexibility index (Phi) is 5.40. The van der Waals surface area contributed by atoms with Gasteiger partial charge in [-0.3, -0.25) is 4.79 Å². The molecule has 1 aliphatic rings. The minimum absolute atomic E-state index is 0.257. The topological polar surface area (TPSA) is 32.3 Å². The number of para-hydroxylation sites is 1. The summed E-state index contributed by atoms with van der Waals surface area (Å²) in [7, 11) is 0. The third-order valence-electron chi connectivity index (χ3n) is 3.91. The van der Waals surface area contributed by atoms with Crippen molar-refractivity contribution < 1.29 is 4.79 Å². The second kappa shape index (κ2) is 7.29. The van der Waals surface area contributed by atoms with Crippen molar-refractivity contribution in [3.63, 3.8) is 0 Å². The molecule has 0 atom stereocenters. The van der Waals surface area contributed by atoms with Crippen LogP contribution in [0.1, 0.15) is 32.6 Å². The molecule has 0 aromatic heterocycles. The molecule has 1 aromatic rings. The first kappa shape index (κ1) is 14.1. The maximum atomic E-state index is 12.3. The average molecular weight is 260 g/mol. The van der Waals surface area contributed by atoms with E-state index in [1.165, 1.54) is 12.8 Å². The summed E-state index contributed by atoms with van der Waals surface area (Å²) < 4.78 is 0. The predicted octanol–water partition coefficient (Wildman–Crippen LogP) is 2.82. The maximum Gasteiger partial charge on any atom is 0.226 e. The maximum absolute atomic E-state index is 12.3. The van der Waals surface area contributed by atoms with Crippen LogP contribution in [-0.2, 0) is 4.79 Å². The molecule has 1 N–H and O–H groups in total. The molecular formula is C16H24N2O. The highest BCUT2D eigenvalue weighted by molar-refractivity contribution is 5.93. The summed E-state index contributed by atoms with van der Waals surface area (Å²) >= 11 is 0. The number of carbonyl (C=O) groups is 1. The van der Waals surface area contributed by atoms with Crippen LogP contribution in [0, 0.1) is 5.92 Å². The predicted molar refractivity (Wildman–Crippen MR) is 79.3 cm³/mol. The smallest absolute Gasteiger partial charge is 0.226 e. The lowest BCUT2D eigenvalue weighted by atomic mass is 9.93. The fourth-order valence-electron chi connectivity index (χ4n) is 2.74. The summed E-state index contributed by atoms with van der Waals surface area (Å²) in [5, 5.41) is 3.37. The molecule has 0 spiro atoms. The van der Waals surface area contributed by atoms with Gasteiger partial charge in [0, 0.05) is 18.7 Å². The van der Waals surface area contributed by atoms with Gasteiger partial charge in [0.05, 0.1) is 0 Å². The van der Waals surface area contributed by atoms with Crippen LogP contribution in [0.4, 0.5) is 5.69 Å². The molecule has 19 heavy (non-hydrogen) atoms. The molecule has 1 aliphatic heterocycles. The second-order valence-corrected chi connectivity index (χ2v) is 5.21. The monoisotopic (exact) mass is 260 g/mol. The van der Waals surface area contributed by atoms with E-state index in [4.69, 9.17) is 0 Å². The van der Waals surface area contributed by atoms with Gasteiger partial charge < -0.3 is 10.2 Å². The van der Waals surface area contributed by atoms with E-state index in [2.05, 4.69) is 5.32 Å². The van der Waals surface area contributed by atoms with E-state index in [1.807, 2.05) is 42.2 Å². The largest absolute Gasteiger partial charge is 0.317 e. The summed E-state index contributed by atoms with van der Waals surface area (Å²) in [5.74, 6) is 0.979. The van der Waals surface area contributed by atoms with Gasteiger partial charge in [0.25, 0.3) is 0 Å². The molecular weight excluding hydrogens is 236 g/mol. The molecule has 0 bridgehead atoms. The first-order valence-electron chi connectivity index (χ1n) is 7.37. The van der Waals surface area contributed by atoms with Gasteiger partial charge in [0.15, 0.2) is 0 Å². The van der Waals surface area contributed by atoms with Gasteiger partial charge >= 0.3 is 0 Å². The molecule has 3 nitrogen and oxygen atoms in total. The lowest BCUT2D eigenvalue weighted by molar-refractivity contribution is -0.118. The SMILES string of the molecule is CCN(C(=O)CCC1CCNCC1)c1ccccc1. The van der Waals surface area contributed by atoms with E-state index in [0.717, 1.165) is 37.7 Å². The van der Waals surface area contributed by atoms with Gasteiger partial charge in [0.2, 0.25) is 5.91 Å². The fourth-order valence-corrected chi connectivity index (χ4v) is 2.74. The molecule has 0 unspecified atom stereocenters. The Bertz CT molecular complexity index is 385. The summed E-state index contributed by atoms with van der Waals surface area (Å²) in [6, 6.07) is 9.96. The van der Waals surface area contributed by atoms with Gasteiger partial charge in [-0.2, -0.15) is 0 Å². The molecule has 0 radical (unpaired) electrons. The zero-order valence-electron chi connectivity index (χ0n) is 11.8. The Morgan fingerprint density at radius 1 is 1.26 bits per heavy atom. The lowest BCUT2D eigenvalue weighted by Crippen LogP contribution is -2.32. The molecule has 1 amide bonds. The standard InChI is InChI=1S/C16H24N2O/c1-2-18(15-6-4-3-5-7-15)16(19)9-8-14-10-12-17-13-11-14/h3-7,14,17H,2,8-13H2,1H3. The zero-order chi connectivity index (χ0) is 13.5. The molecule has 1 heterocycles. The van der Waals surface area contributed by atoms with Crippen LogP contribution >= 0.6 is 0 Å². The molecule has 1 saturated heterocycles. The third kappa shape index (κ3) is 4.06. The number of benzene rings is 1. The van der Waals surface area contributed by atoms with Crippen molar-refractivity contribution in [2.24, 2.45) is 5.92 Å². The van der Waals surface area contributed by atoms with E-state index < -0.39 is 0 Å². The Morgan fingerprint density at radius 3 is 2.58 bits per heavy atom. The Morgan fingerprint density at radius 2 is 1.95 bits per heavy atom. The van der Waals surface area contributed by atoms with Gasteiger partial charge in [-0.25, -0.2) is 0 Å². The highest BCUT2D eigenvalue weighted by Gasteiger charge is 2.18. The van der Waals surface area contributed by atoms with Crippen molar-refractivity contribution in [2.45, 2.75) is 32.6 Å². The minimum atomic E-state index is 0.257. The Hall–Kier alpha value is -1.35. The molecule has 0 aliphatic carbocycles. The summed E-state index contributed by atoms with van der Waals surface area (Å²) in [5.41, 5.74) is 1.01. The van der Waals surface area contributed by atoms with Gasteiger partial charge in [0.1, 0.15) is 0 Å². The third-order valence-corrected chi connectivity index (χ3v) is 3.91. The van der Waals surface area contributed by atoms with Crippen LogP contribution in [0.2, 0.25) is 0 Å². The fraction of sp³-hybridized carbons (Fsp3) is 0.562. The number of carbonyl (C=O) groups excluding carboxylic acids is 1. The van der Waals surface area contributed by atoms with Crippen LogP contribution in [0.5, 0.6) is 0 Å². The van der Waals surface area contributed by atoms with Crippen LogP contribution in [0.25, 0.3) is 0 Å². The first-order chi connectivity index (χ1) is 9.31. The Balaban J connectivity index is 1.86. The van der Waals surface area contributed by atoms with E-state index in [-0.39, 0.29) is 5.91 Å². The van der Waals surface area contributed by atoms with Gasteiger partial charge in [-0.15, -0.1) is 0 Å². The highest BCUT2D eigenvalue weighted by atomic mass is 16.2. The van der Waals surface area contributed by atoms with Crippen LogP contribution in [0.3, 0.4) is 0 Å². The number of nitrogens with zero attached hydrogens (tertiary/aromatic N) is 1. The summed E-state index contributed by atoms with van der Waals surface area (Å²) in [4.78, 5) is 14.2. The van der Waals surface area contributed by atoms with Gasteiger partial charge in [-0.05, 0) is 57.3 Å². The molecule has 104 valence electrons. The van der Waals surface area contributed by atoms with E-state index in [1.54, 1.807) is 0 Å². The molecule has 2 rings (SSSR count). The quantitative estimate of drug-likeness (QED) is 0.883. The first-order valence-corrected chi connectivity index (χ1v) is 7.37. The number of nitrogens with one attached hydrogen (secondary N) is 1. The number of amides is 1. The molecule has 1 aromatic carbocycles. The van der Waals surface area contributed by atoms with Crippen LogP contribution in [0.15, 0.2) is 30.3 Å². The van der Waals surface area contributed by atoms with Crippen molar-refractivity contribution in [2.75, 3.05) is 24.5 Å². The highest BCUT2D eigenvalue weighted by Crippen LogP contribution is 2.20. The number of anilines is 1. The number of rotatable bonds is 5. The number of piperidine rings is 1. The Labute approximate surface area is 116 Å². The van der Waals surface area contributed by atoms with E-state index in [9.17, 15) is 4.79 Å². The lowest BCUT2D eigenvalue weighted by Gasteiger charge is -2.25. The van der Waals surface area contributed by atoms with Crippen LogP contribution < -0.4 is 10.2 Å². The van der Waals surface area contributed by atoms with E-state index in [0.29, 0.717) is 6.42 Å². The summed E-state index contributed by atoms with van der Waals surface area (Å²) in [6.07, 6.45) is 4.13. The van der Waals surface area contributed by atoms with Crippen molar-refractivity contribution in [3.8, 4) is 0 Å². The van der Waals surface area contributed by atoms with Gasteiger partial charge in [-0.1, -0.05) is 18.2 Å². The van der Waals surface area contributed by atoms with Crippen molar-refractivity contribution >= 4 is 11.6 Å². The second-order valence-electron chi connectivity index (χ2n) is 5.21. The minimum Gasteiger partial charge on any atom is -0.317 e. The normalized spacial score (nSPS) is 16.3.